The number of amides is 1. The Morgan fingerprint density at radius 1 is 0.972 bits per heavy atom. The normalized spacial score (nSPS) is 20.1. The second-order valence-corrected chi connectivity index (χ2v) is 10.1. The van der Waals surface area contributed by atoms with Gasteiger partial charge in [-0.3, -0.25) is 4.79 Å². The number of aromatic nitrogens is 2. The van der Waals surface area contributed by atoms with Gasteiger partial charge < -0.3 is 10.2 Å². The number of nitrogens with zero attached hydrogens (tertiary/aromatic N) is 4. The van der Waals surface area contributed by atoms with E-state index in [4.69, 9.17) is 0 Å². The SMILES string of the molecule is N#Cc1ccc2c(c1)CCN(CCC1CCC(NC(=O)c3cccc(-c4cncnc4)c3)CC1)CC2. The van der Waals surface area contributed by atoms with Crippen LogP contribution in [-0.4, -0.2) is 46.5 Å². The average Bonchev–Trinajstić information content (AvgIpc) is 3.15. The first kappa shape index (κ1) is 24.1. The molecule has 2 aromatic carbocycles. The van der Waals surface area contributed by atoms with Crippen LogP contribution in [0.3, 0.4) is 0 Å². The first-order valence-corrected chi connectivity index (χ1v) is 13.1. The van der Waals surface area contributed by atoms with Crippen molar-refractivity contribution in [2.24, 2.45) is 5.92 Å². The third kappa shape index (κ3) is 5.98. The number of hydrogen-bond acceptors (Lipinski definition) is 5. The maximum absolute atomic E-state index is 12.9. The maximum atomic E-state index is 12.9. The van der Waals surface area contributed by atoms with Gasteiger partial charge in [0.25, 0.3) is 5.91 Å². The van der Waals surface area contributed by atoms with Crippen molar-refractivity contribution in [2.45, 2.75) is 51.0 Å². The molecule has 2 aliphatic rings. The lowest BCUT2D eigenvalue weighted by molar-refractivity contribution is 0.0920. The Kier molecular flexibility index (Phi) is 7.68. The third-order valence-corrected chi connectivity index (χ3v) is 7.78. The molecule has 2 heterocycles. The lowest BCUT2D eigenvalue weighted by Crippen LogP contribution is -2.38. The van der Waals surface area contributed by atoms with Gasteiger partial charge in [0, 0.05) is 42.7 Å². The van der Waals surface area contributed by atoms with Gasteiger partial charge in [0.15, 0.2) is 0 Å². The molecule has 1 aliphatic heterocycles. The molecule has 36 heavy (non-hydrogen) atoms. The summed E-state index contributed by atoms with van der Waals surface area (Å²) >= 11 is 0. The van der Waals surface area contributed by atoms with Gasteiger partial charge in [0.2, 0.25) is 0 Å². The smallest absolute Gasteiger partial charge is 0.251 e. The van der Waals surface area contributed by atoms with Crippen LogP contribution in [0, 0.1) is 17.2 Å². The zero-order chi connectivity index (χ0) is 24.7. The Hall–Kier alpha value is -3.56. The molecule has 1 amide bonds. The van der Waals surface area contributed by atoms with Crippen molar-refractivity contribution in [3.63, 3.8) is 0 Å². The highest BCUT2D eigenvalue weighted by molar-refractivity contribution is 5.95. The topological polar surface area (TPSA) is 81.9 Å². The lowest BCUT2D eigenvalue weighted by atomic mass is 9.84. The molecule has 1 N–H and O–H groups in total. The Balaban J connectivity index is 1.06. The molecule has 184 valence electrons. The molecule has 3 aromatic rings. The minimum absolute atomic E-state index is 0.000776. The van der Waals surface area contributed by atoms with Crippen LogP contribution >= 0.6 is 0 Å². The van der Waals surface area contributed by atoms with Crippen molar-refractivity contribution in [1.29, 1.82) is 5.26 Å². The van der Waals surface area contributed by atoms with Gasteiger partial charge >= 0.3 is 0 Å². The molecule has 0 saturated heterocycles. The van der Waals surface area contributed by atoms with Gasteiger partial charge in [0.1, 0.15) is 6.33 Å². The number of benzene rings is 2. The van der Waals surface area contributed by atoms with Crippen molar-refractivity contribution >= 4 is 5.91 Å². The van der Waals surface area contributed by atoms with E-state index in [1.165, 1.54) is 36.7 Å². The summed E-state index contributed by atoms with van der Waals surface area (Å²) in [6, 6.07) is 16.3. The summed E-state index contributed by atoms with van der Waals surface area (Å²) in [5.74, 6) is 0.733. The maximum Gasteiger partial charge on any atom is 0.251 e. The van der Waals surface area contributed by atoms with Crippen LogP contribution in [0.25, 0.3) is 11.1 Å². The van der Waals surface area contributed by atoms with E-state index in [0.29, 0.717) is 5.56 Å². The van der Waals surface area contributed by atoms with Crippen molar-refractivity contribution in [3.8, 4) is 17.2 Å². The van der Waals surface area contributed by atoms with E-state index in [1.807, 2.05) is 30.3 Å². The van der Waals surface area contributed by atoms with Gasteiger partial charge in [-0.05, 0) is 98.4 Å². The van der Waals surface area contributed by atoms with Crippen LogP contribution < -0.4 is 5.32 Å². The second kappa shape index (κ2) is 11.5. The Labute approximate surface area is 213 Å². The predicted octanol–water partition coefficient (Wildman–Crippen LogP) is 4.79. The zero-order valence-electron chi connectivity index (χ0n) is 20.7. The Morgan fingerprint density at radius 2 is 1.75 bits per heavy atom. The average molecular weight is 480 g/mol. The molecular formula is C30H33N5O. The highest BCUT2D eigenvalue weighted by Crippen LogP contribution is 2.28. The van der Waals surface area contributed by atoms with E-state index >= 15 is 0 Å². The summed E-state index contributed by atoms with van der Waals surface area (Å²) in [6.07, 6.45) is 12.8. The van der Waals surface area contributed by atoms with Crippen LogP contribution in [0.15, 0.2) is 61.2 Å². The van der Waals surface area contributed by atoms with Crippen molar-refractivity contribution in [2.75, 3.05) is 19.6 Å². The molecule has 1 aromatic heterocycles. The Morgan fingerprint density at radius 3 is 2.53 bits per heavy atom. The number of fused-ring (bicyclic) bond motifs is 1. The zero-order valence-corrected chi connectivity index (χ0v) is 20.7. The first-order valence-electron chi connectivity index (χ1n) is 13.1. The first-order chi connectivity index (χ1) is 17.7. The van der Waals surface area contributed by atoms with E-state index in [9.17, 15) is 10.1 Å². The quantitative estimate of drug-likeness (QED) is 0.549. The largest absolute Gasteiger partial charge is 0.349 e. The molecule has 0 radical (unpaired) electrons. The van der Waals surface area contributed by atoms with E-state index in [0.717, 1.165) is 67.9 Å². The van der Waals surface area contributed by atoms with E-state index in [2.05, 4.69) is 38.4 Å². The van der Waals surface area contributed by atoms with Crippen molar-refractivity contribution < 1.29 is 4.79 Å². The number of rotatable bonds is 6. The van der Waals surface area contributed by atoms with Gasteiger partial charge in [-0.25, -0.2) is 9.97 Å². The number of carbonyl (C=O) groups is 1. The van der Waals surface area contributed by atoms with Crippen LogP contribution in [0.2, 0.25) is 0 Å². The summed E-state index contributed by atoms with van der Waals surface area (Å²) in [5, 5.41) is 12.4. The van der Waals surface area contributed by atoms with Crippen LogP contribution in [-0.2, 0) is 12.8 Å². The summed E-state index contributed by atoms with van der Waals surface area (Å²) < 4.78 is 0. The molecule has 5 rings (SSSR count). The monoisotopic (exact) mass is 479 g/mol. The van der Waals surface area contributed by atoms with Gasteiger partial charge in [-0.2, -0.15) is 5.26 Å². The Bertz CT molecular complexity index is 1230. The van der Waals surface area contributed by atoms with Crippen molar-refractivity contribution in [1.82, 2.24) is 20.2 Å². The summed E-state index contributed by atoms with van der Waals surface area (Å²) in [5.41, 5.74) is 6.06. The highest BCUT2D eigenvalue weighted by Gasteiger charge is 2.24. The van der Waals surface area contributed by atoms with E-state index in [-0.39, 0.29) is 11.9 Å². The summed E-state index contributed by atoms with van der Waals surface area (Å²) in [4.78, 5) is 23.7. The number of carbonyl (C=O) groups excluding carboxylic acids is 1. The molecule has 0 atom stereocenters. The van der Waals surface area contributed by atoms with Gasteiger partial charge in [0.05, 0.1) is 11.6 Å². The fraction of sp³-hybridized carbons (Fsp3) is 0.400. The van der Waals surface area contributed by atoms with Crippen molar-refractivity contribution in [3.05, 3.63) is 83.4 Å². The standard InChI is InChI=1S/C30H33N5O/c31-18-23-4-7-24-11-14-35(15-12-26(24)16-23)13-10-22-5-8-29(9-6-22)34-30(36)27-3-1-2-25(17-27)28-19-32-21-33-20-28/h1-4,7,16-17,19-22,29H,5-6,8-15H2,(H,34,36). The number of hydrogen-bond donors (Lipinski definition) is 1. The second-order valence-electron chi connectivity index (χ2n) is 10.1. The molecule has 1 fully saturated rings. The van der Waals surface area contributed by atoms with Gasteiger partial charge in [-0.1, -0.05) is 18.2 Å². The summed E-state index contributed by atoms with van der Waals surface area (Å²) in [7, 11) is 0. The molecular weight excluding hydrogens is 446 g/mol. The molecule has 0 spiro atoms. The fourth-order valence-electron chi connectivity index (χ4n) is 5.58. The molecule has 0 unspecified atom stereocenters. The predicted molar refractivity (Wildman–Crippen MR) is 140 cm³/mol. The molecule has 6 heteroatoms. The third-order valence-electron chi connectivity index (χ3n) is 7.78. The fourth-order valence-corrected chi connectivity index (χ4v) is 5.58. The van der Waals surface area contributed by atoms with E-state index in [1.54, 1.807) is 12.4 Å². The minimum Gasteiger partial charge on any atom is -0.349 e. The minimum atomic E-state index is 0.000776. The lowest BCUT2D eigenvalue weighted by Gasteiger charge is -2.30. The summed E-state index contributed by atoms with van der Waals surface area (Å²) in [6.45, 7) is 3.30. The van der Waals surface area contributed by atoms with Crippen LogP contribution in [0.1, 0.15) is 59.2 Å². The van der Waals surface area contributed by atoms with Crippen LogP contribution in [0.4, 0.5) is 0 Å². The molecule has 0 bridgehead atoms. The van der Waals surface area contributed by atoms with E-state index < -0.39 is 0 Å². The molecule has 1 saturated carbocycles. The number of nitrogens with one attached hydrogen (secondary N) is 1. The number of nitriles is 1. The molecule has 1 aliphatic carbocycles. The van der Waals surface area contributed by atoms with Crippen LogP contribution in [0.5, 0.6) is 0 Å². The van der Waals surface area contributed by atoms with Gasteiger partial charge in [-0.15, -0.1) is 0 Å². The highest BCUT2D eigenvalue weighted by atomic mass is 16.1. The molecule has 6 nitrogen and oxygen atoms in total.